The number of nitrogens with one attached hydrogen (secondary N) is 1. The molecule has 2 aliphatic rings. The van der Waals surface area contributed by atoms with Gasteiger partial charge in [-0.05, 0) is 44.1 Å². The molecule has 2 heteroatoms. The van der Waals surface area contributed by atoms with Gasteiger partial charge in [-0.2, -0.15) is 0 Å². The fourth-order valence-electron chi connectivity index (χ4n) is 3.70. The van der Waals surface area contributed by atoms with E-state index in [0.717, 1.165) is 31.6 Å². The Morgan fingerprint density at radius 1 is 1.00 bits per heavy atom. The van der Waals surface area contributed by atoms with Crippen molar-refractivity contribution in [2.75, 3.05) is 19.8 Å². The molecule has 0 aromatic heterocycles. The van der Waals surface area contributed by atoms with Gasteiger partial charge >= 0.3 is 0 Å². The summed E-state index contributed by atoms with van der Waals surface area (Å²) in [5, 5.41) is 3.64. The topological polar surface area (TPSA) is 21.3 Å². The molecule has 2 fully saturated rings. The summed E-state index contributed by atoms with van der Waals surface area (Å²) < 4.78 is 6.04. The third-order valence-electron chi connectivity index (χ3n) is 4.81. The Hall–Kier alpha value is -0.0800. The summed E-state index contributed by atoms with van der Waals surface area (Å²) in [6, 6.07) is 0.612. The van der Waals surface area contributed by atoms with E-state index in [1.807, 2.05) is 0 Å². The van der Waals surface area contributed by atoms with Gasteiger partial charge < -0.3 is 10.1 Å². The first-order valence-corrected chi connectivity index (χ1v) is 8.21. The molecule has 0 radical (unpaired) electrons. The Morgan fingerprint density at radius 2 is 1.67 bits per heavy atom. The van der Waals surface area contributed by atoms with Crippen LogP contribution in [0.1, 0.15) is 64.7 Å². The van der Waals surface area contributed by atoms with Crippen LogP contribution in [0.3, 0.4) is 0 Å². The zero-order chi connectivity index (χ0) is 12.6. The second kappa shape index (κ2) is 8.16. The van der Waals surface area contributed by atoms with Gasteiger partial charge in [-0.1, -0.05) is 39.0 Å². The average molecular weight is 253 g/mol. The quantitative estimate of drug-likeness (QED) is 0.746. The van der Waals surface area contributed by atoms with Crippen molar-refractivity contribution in [1.82, 2.24) is 5.32 Å². The van der Waals surface area contributed by atoms with Gasteiger partial charge in [-0.15, -0.1) is 0 Å². The SMILES string of the molecule is CCNC(COCC1CCCCC1)C1CCCC1. The van der Waals surface area contributed by atoms with Crippen LogP contribution in [0.2, 0.25) is 0 Å². The van der Waals surface area contributed by atoms with Crippen LogP contribution >= 0.6 is 0 Å². The highest BCUT2D eigenvalue weighted by Gasteiger charge is 2.24. The zero-order valence-corrected chi connectivity index (χ0v) is 12.1. The Morgan fingerprint density at radius 3 is 2.33 bits per heavy atom. The predicted molar refractivity (Wildman–Crippen MR) is 76.8 cm³/mol. The largest absolute Gasteiger partial charge is 0.380 e. The second-order valence-corrected chi connectivity index (χ2v) is 6.25. The summed E-state index contributed by atoms with van der Waals surface area (Å²) in [5.41, 5.74) is 0. The van der Waals surface area contributed by atoms with E-state index in [9.17, 15) is 0 Å². The van der Waals surface area contributed by atoms with Gasteiger partial charge in [-0.25, -0.2) is 0 Å². The number of ether oxygens (including phenoxy) is 1. The zero-order valence-electron chi connectivity index (χ0n) is 12.1. The average Bonchev–Trinajstić information content (AvgIpc) is 2.93. The third-order valence-corrected chi connectivity index (χ3v) is 4.81. The molecule has 2 saturated carbocycles. The molecule has 18 heavy (non-hydrogen) atoms. The molecule has 1 atom stereocenters. The van der Waals surface area contributed by atoms with E-state index < -0.39 is 0 Å². The summed E-state index contributed by atoms with van der Waals surface area (Å²) in [7, 11) is 0. The van der Waals surface area contributed by atoms with E-state index in [1.165, 1.54) is 57.8 Å². The minimum Gasteiger partial charge on any atom is -0.380 e. The van der Waals surface area contributed by atoms with Gasteiger partial charge in [0.1, 0.15) is 0 Å². The van der Waals surface area contributed by atoms with Crippen LogP contribution < -0.4 is 5.32 Å². The lowest BCUT2D eigenvalue weighted by Crippen LogP contribution is -2.39. The molecule has 106 valence electrons. The molecule has 0 aliphatic heterocycles. The monoisotopic (exact) mass is 253 g/mol. The third kappa shape index (κ3) is 4.55. The van der Waals surface area contributed by atoms with Crippen LogP contribution in [-0.2, 0) is 4.74 Å². The molecule has 0 aromatic carbocycles. The van der Waals surface area contributed by atoms with Crippen molar-refractivity contribution in [1.29, 1.82) is 0 Å². The van der Waals surface area contributed by atoms with Crippen molar-refractivity contribution in [2.45, 2.75) is 70.8 Å². The molecule has 0 saturated heterocycles. The van der Waals surface area contributed by atoms with Gasteiger partial charge in [0.05, 0.1) is 6.61 Å². The molecule has 2 aliphatic carbocycles. The van der Waals surface area contributed by atoms with Crippen LogP contribution in [0.15, 0.2) is 0 Å². The summed E-state index contributed by atoms with van der Waals surface area (Å²) >= 11 is 0. The van der Waals surface area contributed by atoms with Crippen molar-refractivity contribution < 1.29 is 4.74 Å². The Kier molecular flexibility index (Phi) is 6.50. The van der Waals surface area contributed by atoms with Crippen molar-refractivity contribution in [3.8, 4) is 0 Å². The highest BCUT2D eigenvalue weighted by atomic mass is 16.5. The number of hydrogen-bond donors (Lipinski definition) is 1. The molecule has 0 bridgehead atoms. The summed E-state index contributed by atoms with van der Waals surface area (Å²) in [4.78, 5) is 0. The Bertz CT molecular complexity index is 207. The molecule has 0 spiro atoms. The molecule has 1 N–H and O–H groups in total. The maximum atomic E-state index is 6.04. The summed E-state index contributed by atoms with van der Waals surface area (Å²) in [6.45, 7) is 5.24. The van der Waals surface area contributed by atoms with E-state index in [0.29, 0.717) is 6.04 Å². The lowest BCUT2D eigenvalue weighted by molar-refractivity contribution is 0.0580. The van der Waals surface area contributed by atoms with Crippen molar-refractivity contribution in [3.05, 3.63) is 0 Å². The highest BCUT2D eigenvalue weighted by Crippen LogP contribution is 2.28. The van der Waals surface area contributed by atoms with E-state index in [4.69, 9.17) is 4.74 Å². The van der Waals surface area contributed by atoms with Gasteiger partial charge in [0.15, 0.2) is 0 Å². The second-order valence-electron chi connectivity index (χ2n) is 6.25. The predicted octanol–water partition coefficient (Wildman–Crippen LogP) is 3.75. The first-order valence-electron chi connectivity index (χ1n) is 8.21. The van der Waals surface area contributed by atoms with Gasteiger partial charge in [0.2, 0.25) is 0 Å². The lowest BCUT2D eigenvalue weighted by Gasteiger charge is -2.26. The van der Waals surface area contributed by atoms with Crippen LogP contribution in [-0.4, -0.2) is 25.8 Å². The minimum absolute atomic E-state index is 0.612. The standard InChI is InChI=1S/C16H31NO/c1-2-17-16(15-10-6-7-11-15)13-18-12-14-8-4-3-5-9-14/h14-17H,2-13H2,1H3. The molecule has 0 amide bonds. The number of rotatable bonds is 7. The molecular weight excluding hydrogens is 222 g/mol. The van der Waals surface area contributed by atoms with Crippen LogP contribution in [0.25, 0.3) is 0 Å². The Labute approximate surface area is 113 Å². The fraction of sp³-hybridized carbons (Fsp3) is 1.00. The maximum Gasteiger partial charge on any atom is 0.0622 e. The highest BCUT2D eigenvalue weighted by molar-refractivity contribution is 4.80. The van der Waals surface area contributed by atoms with Crippen LogP contribution in [0, 0.1) is 11.8 Å². The van der Waals surface area contributed by atoms with Crippen molar-refractivity contribution in [3.63, 3.8) is 0 Å². The fourth-order valence-corrected chi connectivity index (χ4v) is 3.70. The molecule has 0 aromatic rings. The maximum absolute atomic E-state index is 6.04. The van der Waals surface area contributed by atoms with Crippen molar-refractivity contribution >= 4 is 0 Å². The van der Waals surface area contributed by atoms with Crippen LogP contribution in [0.4, 0.5) is 0 Å². The van der Waals surface area contributed by atoms with E-state index in [2.05, 4.69) is 12.2 Å². The minimum atomic E-state index is 0.612. The summed E-state index contributed by atoms with van der Waals surface area (Å²) in [5.74, 6) is 1.72. The Balaban J connectivity index is 1.64. The number of hydrogen-bond acceptors (Lipinski definition) is 2. The smallest absolute Gasteiger partial charge is 0.0622 e. The molecule has 2 rings (SSSR count). The van der Waals surface area contributed by atoms with Crippen LogP contribution in [0.5, 0.6) is 0 Å². The van der Waals surface area contributed by atoms with Gasteiger partial charge in [0.25, 0.3) is 0 Å². The van der Waals surface area contributed by atoms with Gasteiger partial charge in [0, 0.05) is 12.6 Å². The van der Waals surface area contributed by atoms with E-state index in [-0.39, 0.29) is 0 Å². The molecule has 1 unspecified atom stereocenters. The molecule has 0 heterocycles. The molecule has 2 nitrogen and oxygen atoms in total. The van der Waals surface area contributed by atoms with Crippen molar-refractivity contribution in [2.24, 2.45) is 11.8 Å². The molecular formula is C16H31NO. The normalized spacial score (nSPS) is 24.5. The summed E-state index contributed by atoms with van der Waals surface area (Å²) in [6.07, 6.45) is 12.8. The number of likely N-dealkylation sites (N-methyl/N-ethyl adjacent to an activating group) is 1. The first kappa shape index (κ1) is 14.3. The lowest BCUT2D eigenvalue weighted by atomic mass is 9.90. The van der Waals surface area contributed by atoms with Gasteiger partial charge in [-0.3, -0.25) is 0 Å². The van der Waals surface area contributed by atoms with E-state index >= 15 is 0 Å². The van der Waals surface area contributed by atoms with E-state index in [1.54, 1.807) is 0 Å². The first-order chi connectivity index (χ1) is 8.90.